The zero-order valence-corrected chi connectivity index (χ0v) is 16.4. The van der Waals surface area contributed by atoms with Gasteiger partial charge < -0.3 is 0 Å². The maximum Gasteiger partial charge on any atom is 0.251 e. The van der Waals surface area contributed by atoms with Gasteiger partial charge in [0.2, 0.25) is 5.91 Å². The predicted octanol–water partition coefficient (Wildman–Crippen LogP) is 2.70. The highest BCUT2D eigenvalue weighted by molar-refractivity contribution is 6.22. The zero-order chi connectivity index (χ0) is 19.5. The summed E-state index contributed by atoms with van der Waals surface area (Å²) in [5.74, 6) is -0.148. The number of anilines is 1. The average molecular weight is 377 g/mol. The Balaban J connectivity index is 1.41. The molecule has 0 bridgehead atoms. The number of hydrogen-bond donors (Lipinski definition) is 0. The van der Waals surface area contributed by atoms with Crippen molar-refractivity contribution in [3.8, 4) is 0 Å². The fourth-order valence-electron chi connectivity index (χ4n) is 4.26. The van der Waals surface area contributed by atoms with Crippen molar-refractivity contribution in [1.82, 2.24) is 9.80 Å². The molecule has 2 aliphatic heterocycles. The monoisotopic (exact) mass is 377 g/mol. The van der Waals surface area contributed by atoms with Crippen molar-refractivity contribution in [2.45, 2.75) is 32.4 Å². The fourth-order valence-corrected chi connectivity index (χ4v) is 4.26. The highest BCUT2D eigenvalue weighted by Crippen LogP contribution is 2.29. The summed E-state index contributed by atoms with van der Waals surface area (Å²) in [6, 6.07) is 17.9. The summed E-state index contributed by atoms with van der Waals surface area (Å²) in [5, 5.41) is 0. The van der Waals surface area contributed by atoms with Gasteiger partial charge in [0.05, 0.1) is 18.2 Å². The van der Waals surface area contributed by atoms with E-state index >= 15 is 0 Å². The Morgan fingerprint density at radius 2 is 1.57 bits per heavy atom. The molecule has 0 spiro atoms. The smallest absolute Gasteiger partial charge is 0.251 e. The first-order chi connectivity index (χ1) is 13.7. The number of hydrogen-bond acceptors (Lipinski definition) is 4. The lowest BCUT2D eigenvalue weighted by atomic mass is 10.1. The minimum absolute atomic E-state index is 0.0672. The zero-order valence-electron chi connectivity index (χ0n) is 16.4. The van der Waals surface area contributed by atoms with Crippen molar-refractivity contribution in [3.63, 3.8) is 0 Å². The van der Waals surface area contributed by atoms with Crippen molar-refractivity contribution >= 4 is 17.5 Å². The van der Waals surface area contributed by atoms with Gasteiger partial charge in [0.25, 0.3) is 5.91 Å². The van der Waals surface area contributed by atoms with E-state index in [-0.39, 0.29) is 24.3 Å². The Morgan fingerprint density at radius 1 is 0.893 bits per heavy atom. The molecule has 0 radical (unpaired) electrons. The number of nitrogens with zero attached hydrogens (tertiary/aromatic N) is 3. The lowest BCUT2D eigenvalue weighted by molar-refractivity contribution is -0.123. The van der Waals surface area contributed by atoms with Crippen LogP contribution in [0.1, 0.15) is 24.5 Å². The molecular weight excluding hydrogens is 350 g/mol. The fraction of sp³-hybridized carbons (Fsp3) is 0.391. The van der Waals surface area contributed by atoms with E-state index in [0.717, 1.165) is 50.4 Å². The van der Waals surface area contributed by atoms with Crippen LogP contribution in [0.4, 0.5) is 5.69 Å². The Hall–Kier alpha value is -2.50. The van der Waals surface area contributed by atoms with Gasteiger partial charge in [-0.3, -0.25) is 19.4 Å². The number of rotatable bonds is 5. The predicted molar refractivity (Wildman–Crippen MR) is 110 cm³/mol. The van der Waals surface area contributed by atoms with Gasteiger partial charge >= 0.3 is 0 Å². The topological polar surface area (TPSA) is 43.9 Å². The van der Waals surface area contributed by atoms with E-state index in [1.165, 1.54) is 10.5 Å². The first-order valence-corrected chi connectivity index (χ1v) is 10.1. The third-order valence-corrected chi connectivity index (χ3v) is 5.83. The molecule has 0 N–H and O–H groups in total. The number of aryl methyl sites for hydroxylation is 1. The Kier molecular flexibility index (Phi) is 5.55. The molecule has 2 amide bonds. The maximum absolute atomic E-state index is 13.1. The maximum atomic E-state index is 13.1. The molecule has 0 aromatic heterocycles. The molecule has 2 aromatic rings. The highest BCUT2D eigenvalue weighted by atomic mass is 16.2. The summed E-state index contributed by atoms with van der Waals surface area (Å²) < 4.78 is 0. The molecule has 1 atom stereocenters. The van der Waals surface area contributed by atoms with E-state index in [9.17, 15) is 9.59 Å². The normalized spacial score (nSPS) is 21.5. The highest BCUT2D eigenvalue weighted by Gasteiger charge is 2.43. The van der Waals surface area contributed by atoms with Crippen LogP contribution in [0.15, 0.2) is 54.6 Å². The number of piperazine rings is 1. The number of para-hydroxylation sites is 1. The first kappa shape index (κ1) is 18.8. The molecule has 2 aromatic carbocycles. The van der Waals surface area contributed by atoms with E-state index in [1.807, 2.05) is 37.3 Å². The SMILES string of the molecule is CCc1ccccc1N1C(=O)CC(N2CCN(Cc3ccccc3)CC2)C1=O. The second kappa shape index (κ2) is 8.25. The third-order valence-electron chi connectivity index (χ3n) is 5.83. The molecule has 4 rings (SSSR count). The summed E-state index contributed by atoms with van der Waals surface area (Å²) >= 11 is 0. The molecule has 5 nitrogen and oxygen atoms in total. The molecule has 0 aliphatic carbocycles. The Bertz CT molecular complexity index is 844. The lowest BCUT2D eigenvalue weighted by Gasteiger charge is -2.37. The van der Waals surface area contributed by atoms with E-state index < -0.39 is 0 Å². The van der Waals surface area contributed by atoms with E-state index in [1.54, 1.807) is 0 Å². The Labute approximate surface area is 166 Å². The standard InChI is InChI=1S/C23H27N3O2/c1-2-19-10-6-7-11-20(19)26-22(27)16-21(23(26)28)25-14-12-24(13-15-25)17-18-8-4-3-5-9-18/h3-11,21H,2,12-17H2,1H3. The third kappa shape index (κ3) is 3.73. The van der Waals surface area contributed by atoms with Crippen LogP contribution in [-0.2, 0) is 22.6 Å². The molecule has 5 heteroatoms. The largest absolute Gasteiger partial charge is 0.297 e. The van der Waals surface area contributed by atoms with E-state index in [0.29, 0.717) is 0 Å². The van der Waals surface area contributed by atoms with Gasteiger partial charge in [-0.25, -0.2) is 4.90 Å². The molecule has 28 heavy (non-hydrogen) atoms. The van der Waals surface area contributed by atoms with Crippen molar-refractivity contribution in [2.75, 3.05) is 31.1 Å². The number of benzene rings is 2. The van der Waals surface area contributed by atoms with Crippen LogP contribution in [-0.4, -0.2) is 53.8 Å². The van der Waals surface area contributed by atoms with Gasteiger partial charge in [-0.2, -0.15) is 0 Å². The molecule has 2 fully saturated rings. The van der Waals surface area contributed by atoms with Crippen LogP contribution in [0.5, 0.6) is 0 Å². The van der Waals surface area contributed by atoms with Crippen molar-refractivity contribution in [2.24, 2.45) is 0 Å². The lowest BCUT2D eigenvalue weighted by Crippen LogP contribution is -2.52. The summed E-state index contributed by atoms with van der Waals surface area (Å²) in [6.07, 6.45) is 1.09. The first-order valence-electron chi connectivity index (χ1n) is 10.1. The van der Waals surface area contributed by atoms with Crippen LogP contribution < -0.4 is 4.90 Å². The van der Waals surface area contributed by atoms with E-state index in [2.05, 4.69) is 34.1 Å². The number of amides is 2. The second-order valence-electron chi connectivity index (χ2n) is 7.57. The van der Waals surface area contributed by atoms with Gasteiger partial charge in [-0.1, -0.05) is 55.5 Å². The minimum Gasteiger partial charge on any atom is -0.297 e. The molecule has 1 unspecified atom stereocenters. The second-order valence-corrected chi connectivity index (χ2v) is 7.57. The summed E-state index contributed by atoms with van der Waals surface area (Å²) in [5.41, 5.74) is 3.10. The molecule has 146 valence electrons. The summed E-state index contributed by atoms with van der Waals surface area (Å²) in [4.78, 5) is 31.8. The summed E-state index contributed by atoms with van der Waals surface area (Å²) in [6.45, 7) is 6.45. The van der Waals surface area contributed by atoms with Crippen molar-refractivity contribution in [3.05, 3.63) is 65.7 Å². The van der Waals surface area contributed by atoms with Crippen LogP contribution in [0.2, 0.25) is 0 Å². The van der Waals surface area contributed by atoms with Gasteiger partial charge in [-0.05, 0) is 23.6 Å². The number of carbonyl (C=O) groups is 2. The van der Waals surface area contributed by atoms with Crippen LogP contribution in [0.25, 0.3) is 0 Å². The van der Waals surface area contributed by atoms with Gasteiger partial charge in [-0.15, -0.1) is 0 Å². The molecule has 2 saturated heterocycles. The van der Waals surface area contributed by atoms with Crippen LogP contribution in [0.3, 0.4) is 0 Å². The van der Waals surface area contributed by atoms with E-state index in [4.69, 9.17) is 0 Å². The number of imide groups is 1. The summed E-state index contributed by atoms with van der Waals surface area (Å²) in [7, 11) is 0. The number of carbonyl (C=O) groups excluding carboxylic acids is 2. The van der Waals surface area contributed by atoms with Crippen LogP contribution in [0, 0.1) is 0 Å². The van der Waals surface area contributed by atoms with Crippen molar-refractivity contribution < 1.29 is 9.59 Å². The molecule has 2 heterocycles. The minimum atomic E-state index is -0.323. The van der Waals surface area contributed by atoms with Gasteiger partial charge in [0.1, 0.15) is 0 Å². The average Bonchev–Trinajstić information content (AvgIpc) is 3.03. The quantitative estimate of drug-likeness (QED) is 0.752. The van der Waals surface area contributed by atoms with Crippen molar-refractivity contribution in [1.29, 1.82) is 0 Å². The molecular formula is C23H27N3O2. The van der Waals surface area contributed by atoms with Gasteiger partial charge in [0, 0.05) is 32.7 Å². The van der Waals surface area contributed by atoms with Crippen LogP contribution >= 0.6 is 0 Å². The molecule has 2 aliphatic rings. The molecule has 0 saturated carbocycles. The van der Waals surface area contributed by atoms with Gasteiger partial charge in [0.15, 0.2) is 0 Å². The Morgan fingerprint density at radius 3 is 2.29 bits per heavy atom.